The second kappa shape index (κ2) is 9.44. The molecule has 0 unspecified atom stereocenters. The third-order valence-corrected chi connectivity index (χ3v) is 5.84. The molecule has 32 heavy (non-hydrogen) atoms. The monoisotopic (exact) mass is 438 g/mol. The number of ketones is 1. The van der Waals surface area contributed by atoms with Gasteiger partial charge < -0.3 is 24.7 Å². The zero-order valence-electron chi connectivity index (χ0n) is 19.2. The summed E-state index contributed by atoms with van der Waals surface area (Å²) < 4.78 is 5.23. The summed E-state index contributed by atoms with van der Waals surface area (Å²) in [6.07, 6.45) is 0.668. The zero-order valence-corrected chi connectivity index (χ0v) is 19.2. The van der Waals surface area contributed by atoms with Crippen molar-refractivity contribution in [2.24, 2.45) is 0 Å². The zero-order chi connectivity index (χ0) is 23.6. The number of hydrogen-bond donors (Lipinski definition) is 2. The van der Waals surface area contributed by atoms with Gasteiger partial charge in [-0.3, -0.25) is 9.59 Å². The Kier molecular flexibility index (Phi) is 6.89. The molecule has 0 radical (unpaired) electrons. The number of Topliss-reactive ketones (excluding diaryl/α,β-unsaturated/α-hetero) is 1. The molecule has 3 rings (SSSR count). The van der Waals surface area contributed by atoms with Crippen molar-refractivity contribution in [2.45, 2.75) is 26.3 Å². The van der Waals surface area contributed by atoms with E-state index < -0.39 is 17.7 Å². The molecule has 7 heteroatoms. The van der Waals surface area contributed by atoms with E-state index in [1.807, 2.05) is 32.8 Å². The van der Waals surface area contributed by atoms with Crippen molar-refractivity contribution >= 4 is 17.4 Å². The molecular weight excluding hydrogens is 408 g/mol. The number of aliphatic hydroxyl groups is 1. The van der Waals surface area contributed by atoms with Gasteiger partial charge in [0.2, 0.25) is 0 Å². The average molecular weight is 439 g/mol. The number of hydrogen-bond acceptors (Lipinski definition) is 6. The third-order valence-electron chi connectivity index (χ3n) is 5.84. The molecule has 0 aliphatic carbocycles. The van der Waals surface area contributed by atoms with Crippen LogP contribution in [0.3, 0.4) is 0 Å². The van der Waals surface area contributed by atoms with Gasteiger partial charge in [-0.1, -0.05) is 12.1 Å². The lowest BCUT2D eigenvalue weighted by molar-refractivity contribution is -0.139. The predicted octanol–water partition coefficient (Wildman–Crippen LogP) is 3.39. The Morgan fingerprint density at radius 2 is 1.72 bits per heavy atom. The number of aryl methyl sites for hydroxylation is 2. The number of aromatic hydroxyl groups is 1. The molecule has 2 aromatic carbocycles. The number of carbonyl (C=O) groups excluding carboxylic acids is 2. The molecule has 2 N–H and O–H groups in total. The minimum Gasteiger partial charge on any atom is -0.507 e. The Hall–Kier alpha value is -3.32. The number of amides is 1. The fourth-order valence-electron chi connectivity index (χ4n) is 3.94. The molecule has 2 aromatic rings. The minimum absolute atomic E-state index is 0.0245. The van der Waals surface area contributed by atoms with E-state index in [1.165, 1.54) is 4.90 Å². The van der Waals surface area contributed by atoms with E-state index in [2.05, 4.69) is 0 Å². The molecule has 1 amide bonds. The van der Waals surface area contributed by atoms with Crippen LogP contribution in [-0.4, -0.2) is 66.0 Å². The fourth-order valence-corrected chi connectivity index (χ4v) is 3.94. The SMILES string of the molecule is COc1ccc([C@@H]2C(=C(O)c3cc(C)c(C)cc3O)C(=O)C(=O)N2CCCN(C)C)cc1. The van der Waals surface area contributed by atoms with Gasteiger partial charge in [-0.25, -0.2) is 0 Å². The van der Waals surface area contributed by atoms with E-state index in [4.69, 9.17) is 4.74 Å². The van der Waals surface area contributed by atoms with Crippen LogP contribution in [0.4, 0.5) is 0 Å². The van der Waals surface area contributed by atoms with E-state index >= 15 is 0 Å². The van der Waals surface area contributed by atoms with Crippen LogP contribution < -0.4 is 4.74 Å². The number of methoxy groups -OCH3 is 1. The Balaban J connectivity index is 2.14. The van der Waals surface area contributed by atoms with Crippen LogP contribution in [0.25, 0.3) is 5.76 Å². The number of aliphatic hydroxyl groups excluding tert-OH is 1. The van der Waals surface area contributed by atoms with Gasteiger partial charge >= 0.3 is 0 Å². The van der Waals surface area contributed by atoms with Gasteiger partial charge in [0.25, 0.3) is 11.7 Å². The molecule has 1 heterocycles. The normalized spacial score (nSPS) is 17.9. The van der Waals surface area contributed by atoms with Gasteiger partial charge in [0.05, 0.1) is 24.3 Å². The summed E-state index contributed by atoms with van der Waals surface area (Å²) in [6.45, 7) is 4.80. The van der Waals surface area contributed by atoms with E-state index in [0.29, 0.717) is 24.3 Å². The van der Waals surface area contributed by atoms with Crippen LogP contribution in [0.15, 0.2) is 42.0 Å². The summed E-state index contributed by atoms with van der Waals surface area (Å²) >= 11 is 0. The first-order valence-corrected chi connectivity index (χ1v) is 10.5. The summed E-state index contributed by atoms with van der Waals surface area (Å²) in [7, 11) is 5.44. The number of phenolic OH excluding ortho intramolecular Hbond substituents is 1. The van der Waals surface area contributed by atoms with E-state index in [-0.39, 0.29) is 22.6 Å². The second-order valence-electron chi connectivity index (χ2n) is 8.38. The number of nitrogens with zero attached hydrogens (tertiary/aromatic N) is 2. The second-order valence-corrected chi connectivity index (χ2v) is 8.38. The van der Waals surface area contributed by atoms with Gasteiger partial charge in [0, 0.05) is 6.54 Å². The highest BCUT2D eigenvalue weighted by Gasteiger charge is 2.46. The lowest BCUT2D eigenvalue weighted by Crippen LogP contribution is -2.32. The van der Waals surface area contributed by atoms with Crippen LogP contribution in [0, 0.1) is 13.8 Å². The highest BCUT2D eigenvalue weighted by atomic mass is 16.5. The highest BCUT2D eigenvalue weighted by Crippen LogP contribution is 2.41. The van der Waals surface area contributed by atoms with Crippen molar-refractivity contribution in [3.05, 3.63) is 64.2 Å². The van der Waals surface area contributed by atoms with Gasteiger partial charge in [-0.05, 0) is 81.9 Å². The average Bonchev–Trinajstić information content (AvgIpc) is 3.00. The summed E-state index contributed by atoms with van der Waals surface area (Å²) in [5.74, 6) is -1.29. The number of rotatable bonds is 7. The molecule has 0 spiro atoms. The summed E-state index contributed by atoms with van der Waals surface area (Å²) in [5.41, 5.74) is 2.50. The number of carbonyl (C=O) groups is 2. The Labute approximate surface area is 188 Å². The first kappa shape index (κ1) is 23.3. The Morgan fingerprint density at radius 1 is 1.09 bits per heavy atom. The van der Waals surface area contributed by atoms with Crippen LogP contribution >= 0.6 is 0 Å². The molecular formula is C25H30N2O5. The molecule has 1 atom stereocenters. The van der Waals surface area contributed by atoms with Crippen molar-refractivity contribution in [1.82, 2.24) is 9.80 Å². The number of benzene rings is 2. The standard InChI is InChI=1S/C25H30N2O5/c1-15-13-19(20(28)14-16(15)2)23(29)21-22(17-7-9-18(32-5)10-8-17)27(25(31)24(21)30)12-6-11-26(3)4/h7-10,13-14,22,28-29H,6,11-12H2,1-5H3/t22-/m1/s1. The molecule has 0 saturated carbocycles. The van der Waals surface area contributed by atoms with Crippen molar-refractivity contribution in [3.8, 4) is 11.5 Å². The topological polar surface area (TPSA) is 90.3 Å². The molecule has 1 aliphatic rings. The Bertz CT molecular complexity index is 1060. The molecule has 0 aromatic heterocycles. The highest BCUT2D eigenvalue weighted by molar-refractivity contribution is 6.46. The minimum atomic E-state index is -0.760. The molecule has 1 aliphatic heterocycles. The first-order valence-electron chi connectivity index (χ1n) is 10.5. The van der Waals surface area contributed by atoms with Gasteiger partial charge in [-0.15, -0.1) is 0 Å². The van der Waals surface area contributed by atoms with Gasteiger partial charge in [0.1, 0.15) is 17.3 Å². The first-order chi connectivity index (χ1) is 15.1. The summed E-state index contributed by atoms with van der Waals surface area (Å²) in [4.78, 5) is 29.5. The van der Waals surface area contributed by atoms with Crippen molar-refractivity contribution in [1.29, 1.82) is 0 Å². The predicted molar refractivity (Wildman–Crippen MR) is 123 cm³/mol. The third kappa shape index (κ3) is 4.48. The van der Waals surface area contributed by atoms with Crippen LogP contribution in [0.1, 0.15) is 34.7 Å². The molecule has 7 nitrogen and oxygen atoms in total. The lowest BCUT2D eigenvalue weighted by atomic mass is 9.93. The maximum absolute atomic E-state index is 13.1. The van der Waals surface area contributed by atoms with E-state index in [9.17, 15) is 19.8 Å². The van der Waals surface area contributed by atoms with Gasteiger partial charge in [-0.2, -0.15) is 0 Å². The fraction of sp³-hybridized carbons (Fsp3) is 0.360. The lowest BCUT2D eigenvalue weighted by Gasteiger charge is -2.26. The summed E-state index contributed by atoms with van der Waals surface area (Å²) in [5, 5.41) is 21.6. The summed E-state index contributed by atoms with van der Waals surface area (Å²) in [6, 6.07) is 9.48. The van der Waals surface area contributed by atoms with Crippen molar-refractivity contribution < 1.29 is 24.5 Å². The van der Waals surface area contributed by atoms with Crippen molar-refractivity contribution in [2.75, 3.05) is 34.3 Å². The van der Waals surface area contributed by atoms with Crippen LogP contribution in [-0.2, 0) is 9.59 Å². The van der Waals surface area contributed by atoms with Crippen LogP contribution in [0.5, 0.6) is 11.5 Å². The maximum atomic E-state index is 13.1. The van der Waals surface area contributed by atoms with Crippen molar-refractivity contribution in [3.63, 3.8) is 0 Å². The Morgan fingerprint density at radius 3 is 2.31 bits per heavy atom. The molecule has 170 valence electrons. The van der Waals surface area contributed by atoms with Gasteiger partial charge in [0.15, 0.2) is 0 Å². The molecule has 1 fully saturated rings. The van der Waals surface area contributed by atoms with E-state index in [1.54, 1.807) is 43.5 Å². The largest absolute Gasteiger partial charge is 0.507 e. The number of ether oxygens (including phenoxy) is 1. The van der Waals surface area contributed by atoms with Crippen LogP contribution in [0.2, 0.25) is 0 Å². The maximum Gasteiger partial charge on any atom is 0.295 e. The molecule has 1 saturated heterocycles. The number of phenols is 1. The number of likely N-dealkylation sites (tertiary alicyclic amines) is 1. The molecule has 0 bridgehead atoms. The smallest absolute Gasteiger partial charge is 0.295 e. The van der Waals surface area contributed by atoms with E-state index in [0.717, 1.165) is 17.7 Å². The quantitative estimate of drug-likeness (QED) is 0.391.